The molecule has 17 heavy (non-hydrogen) atoms. The number of hydrogen-bond donors (Lipinski definition) is 1. The summed E-state index contributed by atoms with van der Waals surface area (Å²) in [5, 5.41) is 13.1. The van der Waals surface area contributed by atoms with E-state index < -0.39 is 0 Å². The summed E-state index contributed by atoms with van der Waals surface area (Å²) in [6.45, 7) is 1.13. The molecular formula is C9H12N6OS. The second kappa shape index (κ2) is 3.95. The summed E-state index contributed by atoms with van der Waals surface area (Å²) in [5.41, 5.74) is 5.44. The zero-order chi connectivity index (χ0) is 11.8. The zero-order valence-electron chi connectivity index (χ0n) is 9.17. The molecule has 2 aromatic rings. The summed E-state index contributed by atoms with van der Waals surface area (Å²) in [5.74, 6) is 0.874. The van der Waals surface area contributed by atoms with Gasteiger partial charge in [-0.3, -0.25) is 4.57 Å². The molecule has 0 spiro atoms. The minimum absolute atomic E-state index is 0.0616. The van der Waals surface area contributed by atoms with Gasteiger partial charge < -0.3 is 5.73 Å². The van der Waals surface area contributed by atoms with Gasteiger partial charge in [0.25, 0.3) is 0 Å². The fraction of sp³-hybridized carbons (Fsp3) is 0.556. The Kier molecular flexibility index (Phi) is 2.43. The Morgan fingerprint density at radius 3 is 2.94 bits per heavy atom. The molecule has 1 aliphatic heterocycles. The molecule has 7 nitrogen and oxygen atoms in total. The van der Waals surface area contributed by atoms with Gasteiger partial charge >= 0.3 is 5.69 Å². The lowest BCUT2D eigenvalue weighted by molar-refractivity contribution is 0.511. The summed E-state index contributed by atoms with van der Waals surface area (Å²) in [7, 11) is 0. The Hall–Kier alpha value is -1.70. The largest absolute Gasteiger partial charge is 0.374 e. The van der Waals surface area contributed by atoms with Crippen LogP contribution < -0.4 is 11.4 Å². The maximum atomic E-state index is 12.0. The molecule has 90 valence electrons. The van der Waals surface area contributed by atoms with Crippen molar-refractivity contribution in [3.05, 3.63) is 21.3 Å². The van der Waals surface area contributed by atoms with Gasteiger partial charge in [-0.15, -0.1) is 10.2 Å². The van der Waals surface area contributed by atoms with E-state index >= 15 is 0 Å². The number of nitrogens with two attached hydrogens (primary N) is 1. The second-order valence-corrected chi connectivity index (χ2v) is 5.09. The predicted molar refractivity (Wildman–Crippen MR) is 62.8 cm³/mol. The maximum Gasteiger partial charge on any atom is 0.346 e. The van der Waals surface area contributed by atoms with E-state index in [9.17, 15) is 4.79 Å². The standard InChI is InChI=1S/C9H12N6OS/c10-8-12-11-7(17-8)5-15-9(16)14-4-2-1-3-6(14)13-15/h1-5H2,(H2,10,12). The van der Waals surface area contributed by atoms with Crippen molar-refractivity contribution in [1.29, 1.82) is 0 Å². The lowest BCUT2D eigenvalue weighted by Crippen LogP contribution is -2.27. The first-order valence-corrected chi connectivity index (χ1v) is 6.30. The molecule has 0 amide bonds. The van der Waals surface area contributed by atoms with Gasteiger partial charge in [0.05, 0.1) is 0 Å². The van der Waals surface area contributed by atoms with Gasteiger partial charge in [-0.25, -0.2) is 9.48 Å². The topological polar surface area (TPSA) is 91.6 Å². The quantitative estimate of drug-likeness (QED) is 0.803. The SMILES string of the molecule is Nc1nnc(Cn2nc3n(c2=O)CCCC3)s1. The Morgan fingerprint density at radius 1 is 1.35 bits per heavy atom. The fourth-order valence-electron chi connectivity index (χ4n) is 2.01. The summed E-state index contributed by atoms with van der Waals surface area (Å²) in [4.78, 5) is 12.0. The summed E-state index contributed by atoms with van der Waals surface area (Å²) in [6, 6.07) is 0. The first kappa shape index (κ1) is 10.5. The van der Waals surface area contributed by atoms with Crippen molar-refractivity contribution in [3.63, 3.8) is 0 Å². The van der Waals surface area contributed by atoms with Crippen molar-refractivity contribution in [2.24, 2.45) is 0 Å². The van der Waals surface area contributed by atoms with Gasteiger partial charge in [0.15, 0.2) is 0 Å². The van der Waals surface area contributed by atoms with Crippen LogP contribution in [-0.4, -0.2) is 24.5 Å². The molecule has 0 atom stereocenters. The molecule has 1 aliphatic rings. The third-order valence-corrected chi connectivity index (χ3v) is 3.54. The van der Waals surface area contributed by atoms with Crippen LogP contribution in [-0.2, 0) is 19.5 Å². The predicted octanol–water partition coefficient (Wildman–Crippen LogP) is -0.137. The van der Waals surface area contributed by atoms with Gasteiger partial charge in [0, 0.05) is 13.0 Å². The molecular weight excluding hydrogens is 240 g/mol. The number of nitrogens with zero attached hydrogens (tertiary/aromatic N) is 5. The highest BCUT2D eigenvalue weighted by molar-refractivity contribution is 7.15. The summed E-state index contributed by atoms with van der Waals surface area (Å²) < 4.78 is 3.19. The number of rotatable bonds is 2. The number of hydrogen-bond acceptors (Lipinski definition) is 6. The van der Waals surface area contributed by atoms with E-state index in [4.69, 9.17) is 5.73 Å². The van der Waals surface area contributed by atoms with E-state index in [1.165, 1.54) is 16.0 Å². The first-order valence-electron chi connectivity index (χ1n) is 5.48. The van der Waals surface area contributed by atoms with Crippen LogP contribution in [0.4, 0.5) is 5.13 Å². The Morgan fingerprint density at radius 2 is 2.24 bits per heavy atom. The molecule has 3 rings (SSSR count). The van der Waals surface area contributed by atoms with Crippen LogP contribution >= 0.6 is 11.3 Å². The molecule has 0 saturated carbocycles. The van der Waals surface area contributed by atoms with Crippen LogP contribution in [0.1, 0.15) is 23.7 Å². The lowest BCUT2D eigenvalue weighted by Gasteiger charge is -2.09. The minimum atomic E-state index is -0.0616. The Balaban J connectivity index is 1.93. The number of nitrogen functional groups attached to an aromatic ring is 1. The van der Waals surface area contributed by atoms with Crippen LogP contribution in [0.3, 0.4) is 0 Å². The van der Waals surface area contributed by atoms with E-state index in [-0.39, 0.29) is 5.69 Å². The van der Waals surface area contributed by atoms with E-state index in [0.717, 1.165) is 31.6 Å². The number of aryl methyl sites for hydroxylation is 1. The molecule has 3 heterocycles. The van der Waals surface area contributed by atoms with Crippen molar-refractivity contribution < 1.29 is 0 Å². The molecule has 2 aromatic heterocycles. The third-order valence-electron chi connectivity index (χ3n) is 2.80. The summed E-state index contributed by atoms with van der Waals surface area (Å²) >= 11 is 1.28. The molecule has 2 N–H and O–H groups in total. The number of anilines is 1. The van der Waals surface area contributed by atoms with Crippen molar-refractivity contribution in [2.75, 3.05) is 5.73 Å². The van der Waals surface area contributed by atoms with Crippen molar-refractivity contribution >= 4 is 16.5 Å². The highest BCUT2D eigenvalue weighted by Gasteiger charge is 2.17. The maximum absolute atomic E-state index is 12.0. The van der Waals surface area contributed by atoms with Crippen LogP contribution in [0.2, 0.25) is 0 Å². The average Bonchev–Trinajstić information content (AvgIpc) is 2.86. The second-order valence-electron chi connectivity index (χ2n) is 4.00. The molecule has 0 radical (unpaired) electrons. The first-order chi connectivity index (χ1) is 8.24. The van der Waals surface area contributed by atoms with Crippen molar-refractivity contribution in [3.8, 4) is 0 Å². The Bertz CT molecular complexity index is 597. The van der Waals surface area contributed by atoms with Crippen LogP contribution in [0.5, 0.6) is 0 Å². The van der Waals surface area contributed by atoms with E-state index in [0.29, 0.717) is 16.7 Å². The molecule has 8 heteroatoms. The molecule has 0 saturated heterocycles. The van der Waals surface area contributed by atoms with Crippen LogP contribution in [0, 0.1) is 0 Å². The van der Waals surface area contributed by atoms with Crippen LogP contribution in [0.25, 0.3) is 0 Å². The molecule has 0 unspecified atom stereocenters. The molecule has 0 aromatic carbocycles. The molecule has 0 bridgehead atoms. The van der Waals surface area contributed by atoms with E-state index in [1.54, 1.807) is 4.57 Å². The van der Waals surface area contributed by atoms with Gasteiger partial charge in [-0.05, 0) is 12.8 Å². The zero-order valence-corrected chi connectivity index (χ0v) is 9.98. The van der Waals surface area contributed by atoms with Gasteiger partial charge in [-0.1, -0.05) is 11.3 Å². The monoisotopic (exact) mass is 252 g/mol. The third kappa shape index (κ3) is 1.84. The normalized spacial score (nSPS) is 14.8. The fourth-order valence-corrected chi connectivity index (χ4v) is 2.60. The van der Waals surface area contributed by atoms with E-state index in [1.807, 2.05) is 0 Å². The van der Waals surface area contributed by atoms with Gasteiger partial charge in [0.2, 0.25) is 5.13 Å². The number of aromatic nitrogens is 5. The average molecular weight is 252 g/mol. The highest BCUT2D eigenvalue weighted by Crippen LogP contribution is 2.13. The van der Waals surface area contributed by atoms with Crippen LogP contribution in [0.15, 0.2) is 4.79 Å². The van der Waals surface area contributed by atoms with E-state index in [2.05, 4.69) is 15.3 Å². The highest BCUT2D eigenvalue weighted by atomic mass is 32.1. The smallest absolute Gasteiger partial charge is 0.346 e. The van der Waals surface area contributed by atoms with Gasteiger partial charge in [-0.2, -0.15) is 5.10 Å². The van der Waals surface area contributed by atoms with Crippen molar-refractivity contribution in [1.82, 2.24) is 24.5 Å². The minimum Gasteiger partial charge on any atom is -0.374 e. The molecule has 0 aliphatic carbocycles. The molecule has 0 fully saturated rings. The summed E-state index contributed by atoms with van der Waals surface area (Å²) in [6.07, 6.45) is 3.02. The van der Waals surface area contributed by atoms with Gasteiger partial charge in [0.1, 0.15) is 17.4 Å². The Labute approximate surface area is 101 Å². The van der Waals surface area contributed by atoms with Crippen molar-refractivity contribution in [2.45, 2.75) is 32.4 Å². The lowest BCUT2D eigenvalue weighted by atomic mass is 10.2. The number of fused-ring (bicyclic) bond motifs is 1.